The Labute approximate surface area is 132 Å². The number of rotatable bonds is 7. The van der Waals surface area contributed by atoms with E-state index in [1.165, 1.54) is 12.1 Å². The van der Waals surface area contributed by atoms with Crippen molar-refractivity contribution in [1.29, 1.82) is 0 Å². The molecule has 6 heteroatoms. The molecule has 22 heavy (non-hydrogen) atoms. The van der Waals surface area contributed by atoms with Gasteiger partial charge in [-0.05, 0) is 46.2 Å². The molecular formula is C16H23NO4S. The molecule has 0 saturated carbocycles. The second kappa shape index (κ2) is 8.10. The van der Waals surface area contributed by atoms with Crippen LogP contribution in [0.5, 0.6) is 0 Å². The van der Waals surface area contributed by atoms with Crippen LogP contribution in [0.25, 0.3) is 0 Å². The van der Waals surface area contributed by atoms with Gasteiger partial charge < -0.3 is 4.74 Å². The van der Waals surface area contributed by atoms with Crippen LogP contribution in [0.4, 0.5) is 0 Å². The molecule has 1 aromatic carbocycles. The first-order valence-corrected chi connectivity index (χ1v) is 8.63. The van der Waals surface area contributed by atoms with E-state index in [0.29, 0.717) is 0 Å². The third-order valence-corrected chi connectivity index (χ3v) is 4.45. The first-order chi connectivity index (χ1) is 10.3. The minimum absolute atomic E-state index is 0.129. The molecule has 0 aliphatic heterocycles. The van der Waals surface area contributed by atoms with Gasteiger partial charge in [-0.3, -0.25) is 4.79 Å². The minimum Gasteiger partial charge on any atom is -0.465 e. The molecule has 1 atom stereocenters. The Balaban J connectivity index is 2.98. The van der Waals surface area contributed by atoms with Gasteiger partial charge in [-0.2, -0.15) is 4.72 Å². The summed E-state index contributed by atoms with van der Waals surface area (Å²) in [7, 11) is -3.77. The third kappa shape index (κ3) is 5.61. The highest BCUT2D eigenvalue weighted by Crippen LogP contribution is 2.12. The van der Waals surface area contributed by atoms with Gasteiger partial charge in [-0.15, -0.1) is 0 Å². The van der Waals surface area contributed by atoms with Crippen molar-refractivity contribution < 1.29 is 17.9 Å². The molecule has 1 N–H and O–H groups in total. The van der Waals surface area contributed by atoms with Crippen molar-refractivity contribution in [2.75, 3.05) is 6.61 Å². The molecule has 5 nitrogen and oxygen atoms in total. The Morgan fingerprint density at radius 1 is 1.27 bits per heavy atom. The van der Waals surface area contributed by atoms with Crippen molar-refractivity contribution in [3.05, 3.63) is 41.5 Å². The zero-order valence-electron chi connectivity index (χ0n) is 13.4. The molecule has 0 radical (unpaired) electrons. The van der Waals surface area contributed by atoms with Gasteiger partial charge in [0.15, 0.2) is 0 Å². The molecule has 0 heterocycles. The maximum absolute atomic E-state index is 12.4. The number of carbonyl (C=O) groups is 1. The lowest BCUT2D eigenvalue weighted by Gasteiger charge is -2.16. The quantitative estimate of drug-likeness (QED) is 0.618. The summed E-state index contributed by atoms with van der Waals surface area (Å²) in [6, 6.07) is 5.52. The number of nitrogens with one attached hydrogen (secondary N) is 1. The summed E-state index contributed by atoms with van der Waals surface area (Å²) in [5.41, 5.74) is 1.97. The van der Waals surface area contributed by atoms with E-state index in [2.05, 4.69) is 4.72 Å². The fraction of sp³-hybridized carbons (Fsp3) is 0.438. The van der Waals surface area contributed by atoms with Gasteiger partial charge in [0.05, 0.1) is 11.5 Å². The zero-order chi connectivity index (χ0) is 16.8. The molecule has 0 aliphatic rings. The molecule has 0 amide bonds. The molecule has 1 rings (SSSR count). The molecule has 122 valence electrons. The molecule has 0 aromatic heterocycles. The van der Waals surface area contributed by atoms with Crippen molar-refractivity contribution in [2.24, 2.45) is 0 Å². The molecule has 0 saturated heterocycles. The standard InChI is InChI=1S/C16H23NO4S/c1-5-21-16(18)15(11-6-12(2)3)17-22(19,20)14-9-7-13(4)8-10-14/h6-10,15,17H,5,11H2,1-4H3. The maximum atomic E-state index is 12.4. The summed E-state index contributed by atoms with van der Waals surface area (Å²) < 4.78 is 32.1. The lowest BCUT2D eigenvalue weighted by atomic mass is 10.2. The molecule has 0 aliphatic carbocycles. The van der Waals surface area contributed by atoms with Crippen LogP contribution in [0.3, 0.4) is 0 Å². The van der Waals surface area contributed by atoms with E-state index in [9.17, 15) is 13.2 Å². The van der Waals surface area contributed by atoms with Crippen LogP contribution in [0.1, 0.15) is 32.8 Å². The van der Waals surface area contributed by atoms with E-state index in [4.69, 9.17) is 4.74 Å². The molecule has 0 bridgehead atoms. The Morgan fingerprint density at radius 2 is 1.86 bits per heavy atom. The Kier molecular flexibility index (Phi) is 6.77. The van der Waals surface area contributed by atoms with Gasteiger partial charge in [0.2, 0.25) is 10.0 Å². The van der Waals surface area contributed by atoms with Gasteiger partial charge in [0.25, 0.3) is 0 Å². The first-order valence-electron chi connectivity index (χ1n) is 7.15. The maximum Gasteiger partial charge on any atom is 0.324 e. The van der Waals surface area contributed by atoms with E-state index >= 15 is 0 Å². The zero-order valence-corrected chi connectivity index (χ0v) is 14.2. The molecule has 1 aromatic rings. The van der Waals surface area contributed by atoms with Crippen molar-refractivity contribution >= 4 is 16.0 Å². The van der Waals surface area contributed by atoms with Gasteiger partial charge in [0.1, 0.15) is 6.04 Å². The highest BCUT2D eigenvalue weighted by Gasteiger charge is 2.25. The average molecular weight is 325 g/mol. The predicted octanol–water partition coefficient (Wildman–Crippen LogP) is 2.56. The number of esters is 1. The summed E-state index contributed by atoms with van der Waals surface area (Å²) in [5.74, 6) is -0.573. The van der Waals surface area contributed by atoms with Gasteiger partial charge in [0, 0.05) is 0 Å². The fourth-order valence-electron chi connectivity index (χ4n) is 1.76. The number of benzene rings is 1. The Hall–Kier alpha value is -1.66. The normalized spacial score (nSPS) is 12.5. The predicted molar refractivity (Wildman–Crippen MR) is 86.0 cm³/mol. The fourth-order valence-corrected chi connectivity index (χ4v) is 2.96. The van der Waals surface area contributed by atoms with Crippen LogP contribution in [-0.2, 0) is 19.6 Å². The monoisotopic (exact) mass is 325 g/mol. The smallest absolute Gasteiger partial charge is 0.324 e. The van der Waals surface area contributed by atoms with Crippen molar-refractivity contribution in [2.45, 2.75) is 45.1 Å². The molecule has 0 fully saturated rings. The highest BCUT2D eigenvalue weighted by atomic mass is 32.2. The van der Waals surface area contributed by atoms with Crippen LogP contribution in [0, 0.1) is 6.92 Å². The summed E-state index contributed by atoms with van der Waals surface area (Å²) in [5, 5.41) is 0. The number of aryl methyl sites for hydroxylation is 1. The minimum atomic E-state index is -3.77. The van der Waals surface area contributed by atoms with E-state index in [-0.39, 0.29) is 17.9 Å². The molecule has 0 spiro atoms. The highest BCUT2D eigenvalue weighted by molar-refractivity contribution is 7.89. The SMILES string of the molecule is CCOC(=O)C(CC=C(C)C)NS(=O)(=O)c1ccc(C)cc1. The lowest BCUT2D eigenvalue weighted by molar-refractivity contribution is -0.145. The van der Waals surface area contributed by atoms with Crippen molar-refractivity contribution in [3.63, 3.8) is 0 Å². The van der Waals surface area contributed by atoms with Crippen molar-refractivity contribution in [1.82, 2.24) is 4.72 Å². The van der Waals surface area contributed by atoms with Crippen LogP contribution in [0.2, 0.25) is 0 Å². The summed E-state index contributed by atoms with van der Waals surface area (Å²) in [4.78, 5) is 12.1. The summed E-state index contributed by atoms with van der Waals surface area (Å²) in [6.07, 6.45) is 2.06. The van der Waals surface area contributed by atoms with Gasteiger partial charge >= 0.3 is 5.97 Å². The van der Waals surface area contributed by atoms with E-state index in [1.54, 1.807) is 25.1 Å². The molecular weight excluding hydrogens is 302 g/mol. The number of hydrogen-bond acceptors (Lipinski definition) is 4. The van der Waals surface area contributed by atoms with E-state index in [0.717, 1.165) is 11.1 Å². The lowest BCUT2D eigenvalue weighted by Crippen LogP contribution is -2.41. The van der Waals surface area contributed by atoms with Crippen molar-refractivity contribution in [3.8, 4) is 0 Å². The van der Waals surface area contributed by atoms with E-state index in [1.807, 2.05) is 20.8 Å². The first kappa shape index (κ1) is 18.4. The van der Waals surface area contributed by atoms with Crippen LogP contribution >= 0.6 is 0 Å². The van der Waals surface area contributed by atoms with Gasteiger partial charge in [-0.1, -0.05) is 29.3 Å². The average Bonchev–Trinajstić information content (AvgIpc) is 2.44. The Bertz CT molecular complexity index is 629. The van der Waals surface area contributed by atoms with Crippen LogP contribution in [0.15, 0.2) is 40.8 Å². The van der Waals surface area contributed by atoms with Crippen LogP contribution < -0.4 is 4.72 Å². The van der Waals surface area contributed by atoms with Crippen LogP contribution in [-0.4, -0.2) is 27.0 Å². The third-order valence-electron chi connectivity index (χ3n) is 2.96. The Morgan fingerprint density at radius 3 is 2.36 bits per heavy atom. The second-order valence-electron chi connectivity index (χ2n) is 5.26. The summed E-state index contributed by atoms with van der Waals surface area (Å²) in [6.45, 7) is 7.54. The van der Waals surface area contributed by atoms with E-state index < -0.39 is 22.0 Å². The number of hydrogen-bond donors (Lipinski definition) is 1. The number of allylic oxidation sites excluding steroid dienone is 1. The largest absolute Gasteiger partial charge is 0.465 e. The molecule has 1 unspecified atom stereocenters. The summed E-state index contributed by atoms with van der Waals surface area (Å²) >= 11 is 0. The topological polar surface area (TPSA) is 72.5 Å². The second-order valence-corrected chi connectivity index (χ2v) is 6.97. The number of carbonyl (C=O) groups excluding carboxylic acids is 1. The number of sulfonamides is 1. The van der Waals surface area contributed by atoms with Gasteiger partial charge in [-0.25, -0.2) is 8.42 Å². The number of ether oxygens (including phenoxy) is 1.